The molecule has 0 atom stereocenters. The van der Waals surface area contributed by atoms with E-state index in [0.29, 0.717) is 0 Å². The van der Waals surface area contributed by atoms with E-state index in [2.05, 4.69) is 21.4 Å². The van der Waals surface area contributed by atoms with E-state index < -0.39 is 0 Å². The molecule has 1 aromatic rings. The van der Waals surface area contributed by atoms with Gasteiger partial charge < -0.3 is 0 Å². The van der Waals surface area contributed by atoms with Crippen LogP contribution in [-0.2, 0) is 0 Å². The Morgan fingerprint density at radius 3 is 2.82 bits per heavy atom. The minimum atomic E-state index is 0.858. The van der Waals surface area contributed by atoms with Crippen molar-refractivity contribution in [1.29, 1.82) is 0 Å². The predicted molar refractivity (Wildman–Crippen MR) is 50.2 cm³/mol. The molecule has 3 nitrogen and oxygen atoms in total. The Hall–Kier alpha value is -0.160. The van der Waals surface area contributed by atoms with Gasteiger partial charge in [0.25, 0.3) is 0 Å². The van der Waals surface area contributed by atoms with Crippen molar-refractivity contribution in [3.8, 4) is 0 Å². The number of aryl methyl sites for hydroxylation is 1. The third-order valence-corrected chi connectivity index (χ3v) is 2.82. The molecular formula is C6H11N3S2. The molecule has 11 heavy (non-hydrogen) atoms. The first kappa shape index (κ1) is 8.93. The summed E-state index contributed by atoms with van der Waals surface area (Å²) in [5, 5.41) is 7.67. The second-order valence-corrected chi connectivity index (χ2v) is 4.09. The van der Waals surface area contributed by atoms with E-state index in [-0.39, 0.29) is 0 Å². The van der Waals surface area contributed by atoms with Crippen molar-refractivity contribution in [2.75, 3.05) is 17.8 Å². The van der Waals surface area contributed by atoms with E-state index in [4.69, 9.17) is 0 Å². The van der Waals surface area contributed by atoms with Gasteiger partial charge in [-0.1, -0.05) is 11.8 Å². The number of rotatable bonds is 4. The molecule has 5 heteroatoms. The molecule has 0 aromatic carbocycles. The SMILES string of the molecule is CSCCSc1n[nH]c(C)n1. The summed E-state index contributed by atoms with van der Waals surface area (Å²) < 4.78 is 0. The molecule has 0 amide bonds. The zero-order valence-corrected chi connectivity index (χ0v) is 8.26. The Kier molecular flexibility index (Phi) is 3.79. The highest BCUT2D eigenvalue weighted by Gasteiger charge is 1.98. The Morgan fingerprint density at radius 1 is 1.45 bits per heavy atom. The van der Waals surface area contributed by atoms with Crippen LogP contribution >= 0.6 is 23.5 Å². The molecule has 1 heterocycles. The summed E-state index contributed by atoms with van der Waals surface area (Å²) in [6, 6.07) is 0. The highest BCUT2D eigenvalue weighted by molar-refractivity contribution is 8.02. The maximum atomic E-state index is 4.17. The molecule has 0 spiro atoms. The average Bonchev–Trinajstić information content (AvgIpc) is 2.37. The van der Waals surface area contributed by atoms with Crippen LogP contribution in [0.2, 0.25) is 0 Å². The quantitative estimate of drug-likeness (QED) is 0.576. The van der Waals surface area contributed by atoms with Gasteiger partial charge in [0.1, 0.15) is 5.82 Å². The molecule has 1 aromatic heterocycles. The third-order valence-electron chi connectivity index (χ3n) is 1.10. The summed E-state index contributed by atoms with van der Waals surface area (Å²) in [7, 11) is 0. The van der Waals surface area contributed by atoms with Crippen molar-refractivity contribution >= 4 is 23.5 Å². The molecule has 0 aliphatic rings. The maximum Gasteiger partial charge on any atom is 0.208 e. The number of H-pyrrole nitrogens is 1. The summed E-state index contributed by atoms with van der Waals surface area (Å²) in [5.74, 6) is 3.12. The van der Waals surface area contributed by atoms with E-state index in [1.54, 1.807) is 11.8 Å². The van der Waals surface area contributed by atoms with Gasteiger partial charge in [0.05, 0.1) is 0 Å². The van der Waals surface area contributed by atoms with Gasteiger partial charge in [0, 0.05) is 11.5 Å². The molecule has 0 bridgehead atoms. The molecule has 0 unspecified atom stereocenters. The summed E-state index contributed by atoms with van der Waals surface area (Å²) in [6.45, 7) is 1.91. The number of nitrogens with one attached hydrogen (secondary N) is 1. The first-order chi connectivity index (χ1) is 5.33. The lowest BCUT2D eigenvalue weighted by molar-refractivity contribution is 0.970. The van der Waals surface area contributed by atoms with Crippen LogP contribution in [0.1, 0.15) is 5.82 Å². The van der Waals surface area contributed by atoms with Crippen LogP contribution in [0, 0.1) is 6.92 Å². The molecule has 0 saturated carbocycles. The Morgan fingerprint density at radius 2 is 2.27 bits per heavy atom. The van der Waals surface area contributed by atoms with Gasteiger partial charge in [-0.05, 0) is 13.2 Å². The number of hydrogen-bond donors (Lipinski definition) is 1. The molecule has 0 aliphatic heterocycles. The van der Waals surface area contributed by atoms with Gasteiger partial charge >= 0.3 is 0 Å². The van der Waals surface area contributed by atoms with Crippen LogP contribution in [0.25, 0.3) is 0 Å². The van der Waals surface area contributed by atoms with Gasteiger partial charge in [0.2, 0.25) is 5.16 Å². The normalized spacial score (nSPS) is 10.4. The molecule has 0 saturated heterocycles. The topological polar surface area (TPSA) is 41.6 Å². The number of nitrogens with zero attached hydrogens (tertiary/aromatic N) is 2. The predicted octanol–water partition coefficient (Wildman–Crippen LogP) is 1.57. The molecular weight excluding hydrogens is 178 g/mol. The fourth-order valence-corrected chi connectivity index (χ4v) is 2.10. The summed E-state index contributed by atoms with van der Waals surface area (Å²) in [5.41, 5.74) is 0. The lowest BCUT2D eigenvalue weighted by Crippen LogP contribution is -1.83. The molecule has 0 radical (unpaired) electrons. The minimum absolute atomic E-state index is 0.858. The summed E-state index contributed by atoms with van der Waals surface area (Å²) >= 11 is 3.53. The number of hydrogen-bond acceptors (Lipinski definition) is 4. The van der Waals surface area contributed by atoms with Crippen molar-refractivity contribution in [2.45, 2.75) is 12.1 Å². The van der Waals surface area contributed by atoms with Crippen molar-refractivity contribution in [1.82, 2.24) is 15.2 Å². The number of aromatic amines is 1. The van der Waals surface area contributed by atoms with E-state index in [1.807, 2.05) is 18.7 Å². The van der Waals surface area contributed by atoms with Gasteiger partial charge in [-0.3, -0.25) is 5.10 Å². The zero-order valence-electron chi connectivity index (χ0n) is 6.63. The molecule has 1 N–H and O–H groups in total. The maximum absolute atomic E-state index is 4.17. The van der Waals surface area contributed by atoms with Crippen molar-refractivity contribution in [3.63, 3.8) is 0 Å². The first-order valence-electron chi connectivity index (χ1n) is 3.33. The van der Waals surface area contributed by atoms with Crippen molar-refractivity contribution in [2.24, 2.45) is 0 Å². The second kappa shape index (κ2) is 4.66. The van der Waals surface area contributed by atoms with E-state index >= 15 is 0 Å². The molecule has 0 fully saturated rings. The van der Waals surface area contributed by atoms with Crippen molar-refractivity contribution < 1.29 is 0 Å². The van der Waals surface area contributed by atoms with Crippen LogP contribution in [0.5, 0.6) is 0 Å². The fraction of sp³-hybridized carbons (Fsp3) is 0.667. The minimum Gasteiger partial charge on any atom is -0.262 e. The molecule has 0 aliphatic carbocycles. The van der Waals surface area contributed by atoms with Crippen LogP contribution in [0.4, 0.5) is 0 Å². The van der Waals surface area contributed by atoms with Gasteiger partial charge in [-0.2, -0.15) is 11.8 Å². The number of thioether (sulfide) groups is 2. The second-order valence-electron chi connectivity index (χ2n) is 2.04. The smallest absolute Gasteiger partial charge is 0.208 e. The average molecular weight is 189 g/mol. The largest absolute Gasteiger partial charge is 0.262 e. The first-order valence-corrected chi connectivity index (χ1v) is 5.71. The monoisotopic (exact) mass is 189 g/mol. The van der Waals surface area contributed by atoms with E-state index in [0.717, 1.165) is 22.5 Å². The number of aromatic nitrogens is 3. The third kappa shape index (κ3) is 3.16. The van der Waals surface area contributed by atoms with Crippen molar-refractivity contribution in [3.05, 3.63) is 5.82 Å². The zero-order chi connectivity index (χ0) is 8.10. The standard InChI is InChI=1S/C6H11N3S2/c1-5-7-6(9-8-5)11-4-3-10-2/h3-4H2,1-2H3,(H,7,8,9). The fourth-order valence-electron chi connectivity index (χ4n) is 0.603. The Labute approximate surface area is 74.8 Å². The summed E-state index contributed by atoms with van der Waals surface area (Å²) in [4.78, 5) is 4.17. The van der Waals surface area contributed by atoms with Gasteiger partial charge in [-0.25, -0.2) is 4.98 Å². The lowest BCUT2D eigenvalue weighted by atomic mass is 10.8. The van der Waals surface area contributed by atoms with Crippen LogP contribution in [-0.4, -0.2) is 32.9 Å². The van der Waals surface area contributed by atoms with Crippen LogP contribution < -0.4 is 0 Å². The Bertz CT molecular complexity index is 211. The lowest BCUT2D eigenvalue weighted by Gasteiger charge is -1.91. The Balaban J connectivity index is 2.27. The molecule has 1 rings (SSSR count). The highest BCUT2D eigenvalue weighted by Crippen LogP contribution is 2.12. The van der Waals surface area contributed by atoms with Crippen LogP contribution in [0.3, 0.4) is 0 Å². The van der Waals surface area contributed by atoms with Gasteiger partial charge in [0.15, 0.2) is 0 Å². The van der Waals surface area contributed by atoms with Gasteiger partial charge in [-0.15, -0.1) is 5.10 Å². The van der Waals surface area contributed by atoms with E-state index in [9.17, 15) is 0 Å². The van der Waals surface area contributed by atoms with Crippen LogP contribution in [0.15, 0.2) is 5.16 Å². The van der Waals surface area contributed by atoms with E-state index in [1.165, 1.54) is 0 Å². The molecule has 62 valence electrons. The highest BCUT2D eigenvalue weighted by atomic mass is 32.2. The summed E-state index contributed by atoms with van der Waals surface area (Å²) in [6.07, 6.45) is 2.10.